The monoisotopic (exact) mass is 380 g/mol. The van der Waals surface area contributed by atoms with Gasteiger partial charge in [0.15, 0.2) is 5.65 Å². The van der Waals surface area contributed by atoms with Crippen molar-refractivity contribution in [3.8, 4) is 0 Å². The van der Waals surface area contributed by atoms with Gasteiger partial charge in [-0.2, -0.15) is 0 Å². The first-order valence-electron chi connectivity index (χ1n) is 11.3. The molecule has 4 bridgehead atoms. The second kappa shape index (κ2) is 5.19. The van der Waals surface area contributed by atoms with Crippen LogP contribution in [0.3, 0.4) is 0 Å². The zero-order valence-corrected chi connectivity index (χ0v) is 16.3. The maximum Gasteiger partial charge on any atom is 0.332 e. The number of imidazole rings is 1. The van der Waals surface area contributed by atoms with E-state index in [4.69, 9.17) is 4.98 Å². The van der Waals surface area contributed by atoms with Gasteiger partial charge in [0.25, 0.3) is 5.56 Å². The summed E-state index contributed by atoms with van der Waals surface area (Å²) < 4.78 is 3.33. The summed E-state index contributed by atoms with van der Waals surface area (Å²) in [6.45, 7) is 1.29. The van der Waals surface area contributed by atoms with Crippen molar-refractivity contribution in [2.24, 2.45) is 29.6 Å². The molecule has 2 aromatic rings. The van der Waals surface area contributed by atoms with Crippen molar-refractivity contribution in [3.05, 3.63) is 26.7 Å². The van der Waals surface area contributed by atoms with Crippen LogP contribution in [0.5, 0.6) is 0 Å². The van der Waals surface area contributed by atoms with E-state index in [1.165, 1.54) is 49.5 Å². The predicted octanol–water partition coefficient (Wildman–Crippen LogP) is 2.78. The molecule has 0 aliphatic heterocycles. The summed E-state index contributed by atoms with van der Waals surface area (Å²) in [5.41, 5.74) is 1.07. The maximum atomic E-state index is 13.2. The Bertz CT molecular complexity index is 1090. The van der Waals surface area contributed by atoms with Gasteiger partial charge in [0.2, 0.25) is 0 Å². The number of nitrogens with zero attached hydrogens (tertiary/aromatic N) is 3. The number of aromatic amines is 1. The standard InChI is InChI=1S/C22H28N4O2/c27-19-17-18(25(10-12-1-2-12)21(28)26(19)11-13-3-4-13)24-20(23-17)22-8-14-5-15(9-22)7-16(22)6-14/h12-16H,1-11H2,(H,23,24). The van der Waals surface area contributed by atoms with E-state index in [2.05, 4.69) is 4.98 Å². The van der Waals surface area contributed by atoms with Crippen molar-refractivity contribution in [2.45, 2.75) is 76.3 Å². The zero-order chi connectivity index (χ0) is 18.6. The molecular weight excluding hydrogens is 352 g/mol. The lowest BCUT2D eigenvalue weighted by Gasteiger charge is -2.30. The second-order valence-electron chi connectivity index (χ2n) is 10.7. The van der Waals surface area contributed by atoms with E-state index in [1.54, 1.807) is 0 Å². The van der Waals surface area contributed by atoms with E-state index in [9.17, 15) is 9.59 Å². The normalized spacial score (nSPS) is 36.1. The van der Waals surface area contributed by atoms with E-state index in [0.717, 1.165) is 30.5 Å². The smallest absolute Gasteiger partial charge is 0.332 e. The van der Waals surface area contributed by atoms with Crippen LogP contribution in [0.15, 0.2) is 9.59 Å². The van der Waals surface area contributed by atoms with Crippen LogP contribution in [0.25, 0.3) is 11.2 Å². The molecule has 0 aromatic carbocycles. The van der Waals surface area contributed by atoms with Crippen LogP contribution in [0.4, 0.5) is 0 Å². The fourth-order valence-corrected chi connectivity index (χ4v) is 7.03. The van der Waals surface area contributed by atoms with Gasteiger partial charge in [0.05, 0.1) is 0 Å². The first-order valence-corrected chi connectivity index (χ1v) is 11.3. The third kappa shape index (κ3) is 2.12. The Hall–Kier alpha value is -1.85. The van der Waals surface area contributed by atoms with Gasteiger partial charge in [0.1, 0.15) is 11.3 Å². The molecule has 6 saturated carbocycles. The average molecular weight is 380 g/mol. The van der Waals surface area contributed by atoms with Gasteiger partial charge in [-0.3, -0.25) is 13.9 Å². The first kappa shape index (κ1) is 16.0. The Balaban J connectivity index is 1.43. The molecule has 2 unspecified atom stereocenters. The van der Waals surface area contributed by atoms with Crippen LogP contribution in [0.2, 0.25) is 0 Å². The largest absolute Gasteiger partial charge is 0.336 e. The molecule has 0 saturated heterocycles. The molecule has 148 valence electrons. The zero-order valence-electron chi connectivity index (χ0n) is 16.3. The highest BCUT2D eigenvalue weighted by Gasteiger charge is 2.59. The number of aromatic nitrogens is 4. The summed E-state index contributed by atoms with van der Waals surface area (Å²) in [6.07, 6.45) is 11.1. The molecule has 1 N–H and O–H groups in total. The third-order valence-electron chi connectivity index (χ3n) is 8.60. The quantitative estimate of drug-likeness (QED) is 0.867. The Morgan fingerprint density at radius 1 is 0.929 bits per heavy atom. The van der Waals surface area contributed by atoms with Crippen molar-refractivity contribution in [1.82, 2.24) is 19.1 Å². The lowest BCUT2D eigenvalue weighted by molar-refractivity contribution is 0.262. The van der Waals surface area contributed by atoms with Crippen LogP contribution in [-0.2, 0) is 18.5 Å². The molecule has 28 heavy (non-hydrogen) atoms. The molecular formula is C22H28N4O2. The van der Waals surface area contributed by atoms with Gasteiger partial charge >= 0.3 is 5.69 Å². The van der Waals surface area contributed by atoms with Gasteiger partial charge in [0, 0.05) is 18.5 Å². The van der Waals surface area contributed by atoms with E-state index >= 15 is 0 Å². The molecule has 0 amide bonds. The van der Waals surface area contributed by atoms with Crippen molar-refractivity contribution < 1.29 is 0 Å². The van der Waals surface area contributed by atoms with Crippen LogP contribution in [-0.4, -0.2) is 19.1 Å². The van der Waals surface area contributed by atoms with E-state index in [0.29, 0.717) is 42.0 Å². The topological polar surface area (TPSA) is 72.7 Å². The highest BCUT2D eigenvalue weighted by atomic mass is 16.2. The molecule has 8 rings (SSSR count). The van der Waals surface area contributed by atoms with Crippen molar-refractivity contribution in [3.63, 3.8) is 0 Å². The summed E-state index contributed by atoms with van der Waals surface area (Å²) in [4.78, 5) is 35.0. The minimum atomic E-state index is -0.146. The molecule has 6 nitrogen and oxygen atoms in total. The molecule has 0 radical (unpaired) electrons. The van der Waals surface area contributed by atoms with E-state index in [1.807, 2.05) is 4.57 Å². The second-order valence-corrected chi connectivity index (χ2v) is 10.7. The fraction of sp³-hybridized carbons (Fsp3) is 0.773. The van der Waals surface area contributed by atoms with Gasteiger partial charge in [-0.05, 0) is 87.4 Å². The number of fused-ring (bicyclic) bond motifs is 1. The number of hydrogen-bond acceptors (Lipinski definition) is 3. The molecule has 0 spiro atoms. The third-order valence-corrected chi connectivity index (χ3v) is 8.60. The maximum absolute atomic E-state index is 13.2. The summed E-state index contributed by atoms with van der Waals surface area (Å²) >= 11 is 0. The highest BCUT2D eigenvalue weighted by Crippen LogP contribution is 2.65. The molecule has 6 fully saturated rings. The number of hydrogen-bond donors (Lipinski definition) is 1. The van der Waals surface area contributed by atoms with Crippen molar-refractivity contribution in [1.29, 1.82) is 0 Å². The van der Waals surface area contributed by atoms with Crippen LogP contribution in [0, 0.1) is 29.6 Å². The fourth-order valence-electron chi connectivity index (χ4n) is 7.03. The van der Waals surface area contributed by atoms with Crippen LogP contribution in [0.1, 0.15) is 63.6 Å². The van der Waals surface area contributed by atoms with Gasteiger partial charge in [-0.1, -0.05) is 0 Å². The summed E-state index contributed by atoms with van der Waals surface area (Å²) in [6, 6.07) is 0. The number of rotatable bonds is 5. The Labute approximate surface area is 163 Å². The van der Waals surface area contributed by atoms with Gasteiger partial charge < -0.3 is 4.98 Å². The lowest BCUT2D eigenvalue weighted by Crippen LogP contribution is -2.41. The molecule has 2 heterocycles. The number of H-pyrrole nitrogens is 1. The lowest BCUT2D eigenvalue weighted by atomic mass is 9.75. The molecule has 6 heteroatoms. The molecule has 2 atom stereocenters. The Morgan fingerprint density at radius 3 is 2.21 bits per heavy atom. The van der Waals surface area contributed by atoms with Crippen molar-refractivity contribution in [2.75, 3.05) is 0 Å². The van der Waals surface area contributed by atoms with Crippen molar-refractivity contribution >= 4 is 11.2 Å². The first-order chi connectivity index (χ1) is 13.6. The molecule has 2 aromatic heterocycles. The van der Waals surface area contributed by atoms with E-state index in [-0.39, 0.29) is 16.7 Å². The Kier molecular flexibility index (Phi) is 2.97. The Morgan fingerprint density at radius 2 is 1.57 bits per heavy atom. The highest BCUT2D eigenvalue weighted by molar-refractivity contribution is 5.70. The SMILES string of the molecule is O=c1c2[nH]c(C34CC5CC(CC3C5)C4)nc2n(CC2CC2)c(=O)n1CC1CC1. The predicted molar refractivity (Wildman–Crippen MR) is 105 cm³/mol. The van der Waals surface area contributed by atoms with Gasteiger partial charge in [-0.25, -0.2) is 9.78 Å². The summed E-state index contributed by atoms with van der Waals surface area (Å²) in [5, 5.41) is 0. The minimum Gasteiger partial charge on any atom is -0.336 e. The minimum absolute atomic E-state index is 0.135. The number of nitrogens with one attached hydrogen (secondary N) is 1. The molecule has 6 aliphatic rings. The molecule has 6 aliphatic carbocycles. The summed E-state index contributed by atoms with van der Waals surface area (Å²) in [5.74, 6) is 4.48. The van der Waals surface area contributed by atoms with Crippen LogP contribution < -0.4 is 11.2 Å². The van der Waals surface area contributed by atoms with Crippen LogP contribution >= 0.6 is 0 Å². The average Bonchev–Trinajstić information content (AvgIpc) is 3.58. The van der Waals surface area contributed by atoms with E-state index < -0.39 is 0 Å². The summed E-state index contributed by atoms with van der Waals surface area (Å²) in [7, 11) is 0. The van der Waals surface area contributed by atoms with Gasteiger partial charge in [-0.15, -0.1) is 0 Å².